The summed E-state index contributed by atoms with van der Waals surface area (Å²) in [6.07, 6.45) is 0. The van der Waals surface area contributed by atoms with Gasteiger partial charge in [0.1, 0.15) is 5.60 Å². The molecule has 0 bridgehead atoms. The van der Waals surface area contributed by atoms with Crippen LogP contribution in [0.1, 0.15) is 26.3 Å². The molecule has 3 heteroatoms. The molecule has 16 heavy (non-hydrogen) atoms. The van der Waals surface area contributed by atoms with Gasteiger partial charge >= 0.3 is 5.97 Å². The third-order valence-corrected chi connectivity index (χ3v) is 2.73. The average molecular weight is 238 g/mol. The van der Waals surface area contributed by atoms with Gasteiger partial charge in [-0.05, 0) is 26.3 Å². The highest BCUT2D eigenvalue weighted by molar-refractivity contribution is 7.99. The van der Waals surface area contributed by atoms with Gasteiger partial charge in [-0.25, -0.2) is 0 Å². The van der Waals surface area contributed by atoms with E-state index in [1.54, 1.807) is 11.8 Å². The predicted molar refractivity (Wildman–Crippen MR) is 68.4 cm³/mol. The highest BCUT2D eigenvalue weighted by atomic mass is 32.2. The zero-order valence-electron chi connectivity index (χ0n) is 10.0. The molecule has 0 spiro atoms. The molecule has 1 aromatic rings. The number of carbonyl (C=O) groups is 1. The lowest BCUT2D eigenvalue weighted by molar-refractivity contribution is -0.151. The van der Waals surface area contributed by atoms with Crippen LogP contribution in [0.5, 0.6) is 0 Å². The van der Waals surface area contributed by atoms with Gasteiger partial charge in [-0.1, -0.05) is 30.3 Å². The van der Waals surface area contributed by atoms with Crippen LogP contribution >= 0.6 is 11.8 Å². The van der Waals surface area contributed by atoms with Crippen molar-refractivity contribution in [2.24, 2.45) is 0 Å². The van der Waals surface area contributed by atoms with E-state index in [9.17, 15) is 4.79 Å². The number of carbonyl (C=O) groups excluding carboxylic acids is 1. The molecule has 1 rings (SSSR count). The third-order valence-electron chi connectivity index (χ3n) is 1.75. The van der Waals surface area contributed by atoms with Gasteiger partial charge in [-0.3, -0.25) is 4.79 Å². The van der Waals surface area contributed by atoms with E-state index in [0.29, 0.717) is 5.75 Å². The maximum Gasteiger partial charge on any atom is 0.316 e. The molecule has 0 heterocycles. The van der Waals surface area contributed by atoms with Gasteiger partial charge in [-0.15, -0.1) is 11.8 Å². The molecule has 1 aromatic carbocycles. The molecule has 0 radical (unpaired) electrons. The summed E-state index contributed by atoms with van der Waals surface area (Å²) in [5.41, 5.74) is 0.848. The second-order valence-corrected chi connectivity index (χ2v) is 5.55. The fourth-order valence-corrected chi connectivity index (χ4v) is 1.95. The van der Waals surface area contributed by atoms with E-state index in [2.05, 4.69) is 12.1 Å². The lowest BCUT2D eigenvalue weighted by atomic mass is 10.2. The molecule has 0 N–H and O–H groups in total. The largest absolute Gasteiger partial charge is 0.459 e. The standard InChI is InChI=1S/C13H18O2S/c1-13(2,3)15-12(14)10-16-9-11-7-5-4-6-8-11/h4-8H,9-10H2,1-3H3. The SMILES string of the molecule is CC(C)(C)OC(=O)CSCc1ccccc1. The zero-order valence-corrected chi connectivity index (χ0v) is 10.8. The van der Waals surface area contributed by atoms with Gasteiger partial charge in [0.15, 0.2) is 0 Å². The Morgan fingerprint density at radius 2 is 1.88 bits per heavy atom. The Bertz CT molecular complexity index is 328. The van der Waals surface area contributed by atoms with Crippen molar-refractivity contribution in [3.63, 3.8) is 0 Å². The number of esters is 1. The normalized spacial score (nSPS) is 11.2. The van der Waals surface area contributed by atoms with Crippen molar-refractivity contribution in [2.75, 3.05) is 5.75 Å². The molecule has 0 unspecified atom stereocenters. The second-order valence-electron chi connectivity index (χ2n) is 4.56. The Balaban J connectivity index is 2.24. The zero-order chi connectivity index (χ0) is 12.0. The topological polar surface area (TPSA) is 26.3 Å². The van der Waals surface area contributed by atoms with Crippen molar-refractivity contribution in [1.82, 2.24) is 0 Å². The molecule has 0 aromatic heterocycles. The molecule has 0 atom stereocenters. The molecule has 0 amide bonds. The van der Waals surface area contributed by atoms with Crippen molar-refractivity contribution in [1.29, 1.82) is 0 Å². The summed E-state index contributed by atoms with van der Waals surface area (Å²) in [6, 6.07) is 10.1. The monoisotopic (exact) mass is 238 g/mol. The fraction of sp³-hybridized carbons (Fsp3) is 0.462. The fourth-order valence-electron chi connectivity index (χ4n) is 1.20. The number of thioether (sulfide) groups is 1. The quantitative estimate of drug-likeness (QED) is 0.753. The molecule has 0 aliphatic carbocycles. The minimum absolute atomic E-state index is 0.145. The summed E-state index contributed by atoms with van der Waals surface area (Å²) in [6.45, 7) is 5.65. The van der Waals surface area contributed by atoms with Crippen molar-refractivity contribution in [3.05, 3.63) is 35.9 Å². The van der Waals surface area contributed by atoms with Gasteiger partial charge < -0.3 is 4.74 Å². The molecule has 2 nitrogen and oxygen atoms in total. The molecule has 88 valence electrons. The van der Waals surface area contributed by atoms with Crippen LogP contribution in [0, 0.1) is 0 Å². The molecule has 0 fully saturated rings. The summed E-state index contributed by atoms with van der Waals surface area (Å²) >= 11 is 1.58. The van der Waals surface area contributed by atoms with E-state index >= 15 is 0 Å². The first-order chi connectivity index (χ1) is 7.47. The lowest BCUT2D eigenvalue weighted by Crippen LogP contribution is -2.24. The minimum Gasteiger partial charge on any atom is -0.459 e. The first kappa shape index (κ1) is 13.1. The second kappa shape index (κ2) is 5.94. The summed E-state index contributed by atoms with van der Waals surface area (Å²) in [7, 11) is 0. The number of benzene rings is 1. The predicted octanol–water partition coefficient (Wildman–Crippen LogP) is 3.26. The first-order valence-corrected chi connectivity index (χ1v) is 6.46. The van der Waals surface area contributed by atoms with Crippen LogP contribution in [-0.2, 0) is 15.3 Å². The van der Waals surface area contributed by atoms with Crippen molar-refractivity contribution < 1.29 is 9.53 Å². The van der Waals surface area contributed by atoms with Crippen molar-refractivity contribution in [2.45, 2.75) is 32.1 Å². The van der Waals surface area contributed by atoms with Crippen LogP contribution in [0.2, 0.25) is 0 Å². The Labute approximate surface area is 101 Å². The Morgan fingerprint density at radius 1 is 1.25 bits per heavy atom. The van der Waals surface area contributed by atoms with E-state index in [0.717, 1.165) is 5.75 Å². The van der Waals surface area contributed by atoms with Crippen LogP contribution in [0.15, 0.2) is 30.3 Å². The van der Waals surface area contributed by atoms with Crippen LogP contribution in [0.25, 0.3) is 0 Å². The average Bonchev–Trinajstić information content (AvgIpc) is 2.16. The van der Waals surface area contributed by atoms with Crippen LogP contribution in [0.4, 0.5) is 0 Å². The minimum atomic E-state index is -0.385. The molecule has 0 aliphatic rings. The Kier molecular flexibility index (Phi) is 4.87. The van der Waals surface area contributed by atoms with E-state index in [1.807, 2.05) is 39.0 Å². The molecule has 0 aliphatic heterocycles. The van der Waals surface area contributed by atoms with Crippen LogP contribution in [0.3, 0.4) is 0 Å². The number of ether oxygens (including phenoxy) is 1. The highest BCUT2D eigenvalue weighted by Gasteiger charge is 2.15. The number of rotatable bonds is 4. The Morgan fingerprint density at radius 3 is 2.44 bits per heavy atom. The van der Waals surface area contributed by atoms with E-state index in [-0.39, 0.29) is 11.6 Å². The molecule has 0 saturated carbocycles. The van der Waals surface area contributed by atoms with Crippen molar-refractivity contribution in [3.8, 4) is 0 Å². The number of hydrogen-bond donors (Lipinski definition) is 0. The van der Waals surface area contributed by atoms with E-state index < -0.39 is 0 Å². The van der Waals surface area contributed by atoms with Gasteiger partial charge in [0.2, 0.25) is 0 Å². The summed E-state index contributed by atoms with van der Waals surface area (Å²) in [5.74, 6) is 1.11. The smallest absolute Gasteiger partial charge is 0.316 e. The number of hydrogen-bond acceptors (Lipinski definition) is 3. The summed E-state index contributed by atoms with van der Waals surface area (Å²) in [5, 5.41) is 0. The molecular weight excluding hydrogens is 220 g/mol. The molecular formula is C13H18O2S. The van der Waals surface area contributed by atoms with Crippen LogP contribution < -0.4 is 0 Å². The van der Waals surface area contributed by atoms with Crippen molar-refractivity contribution >= 4 is 17.7 Å². The third kappa shape index (κ3) is 5.81. The highest BCUT2D eigenvalue weighted by Crippen LogP contribution is 2.14. The Hall–Kier alpha value is -0.960. The first-order valence-electron chi connectivity index (χ1n) is 5.31. The molecule has 0 saturated heterocycles. The van der Waals surface area contributed by atoms with Gasteiger partial charge in [-0.2, -0.15) is 0 Å². The van der Waals surface area contributed by atoms with Gasteiger partial charge in [0.05, 0.1) is 5.75 Å². The summed E-state index contributed by atoms with van der Waals surface area (Å²) in [4.78, 5) is 11.4. The maximum atomic E-state index is 11.4. The van der Waals surface area contributed by atoms with E-state index in [4.69, 9.17) is 4.74 Å². The van der Waals surface area contributed by atoms with Gasteiger partial charge in [0.25, 0.3) is 0 Å². The lowest BCUT2D eigenvalue weighted by Gasteiger charge is -2.19. The van der Waals surface area contributed by atoms with E-state index in [1.165, 1.54) is 5.56 Å². The summed E-state index contributed by atoms with van der Waals surface area (Å²) < 4.78 is 5.22. The van der Waals surface area contributed by atoms with Crippen LogP contribution in [-0.4, -0.2) is 17.3 Å². The maximum absolute atomic E-state index is 11.4. The van der Waals surface area contributed by atoms with Gasteiger partial charge in [0, 0.05) is 5.75 Å².